The van der Waals surface area contributed by atoms with E-state index in [2.05, 4.69) is 29.2 Å². The van der Waals surface area contributed by atoms with Crippen LogP contribution in [0.2, 0.25) is 0 Å². The van der Waals surface area contributed by atoms with Gasteiger partial charge >= 0.3 is 0 Å². The van der Waals surface area contributed by atoms with E-state index in [0.29, 0.717) is 6.61 Å². The fourth-order valence-electron chi connectivity index (χ4n) is 1.70. The van der Waals surface area contributed by atoms with Gasteiger partial charge in [-0.3, -0.25) is 0 Å². The van der Waals surface area contributed by atoms with Crippen LogP contribution in [0.3, 0.4) is 0 Å². The summed E-state index contributed by atoms with van der Waals surface area (Å²) in [6, 6.07) is 0.285. The monoisotopic (exact) mass is 269 g/mol. The Hall–Kier alpha value is -1.27. The summed E-state index contributed by atoms with van der Waals surface area (Å²) in [6.45, 7) is 9.17. The summed E-state index contributed by atoms with van der Waals surface area (Å²) in [5.41, 5.74) is 7.62. The zero-order chi connectivity index (χ0) is 14.4. The van der Waals surface area contributed by atoms with Gasteiger partial charge < -0.3 is 20.7 Å². The molecule has 0 fully saturated rings. The number of aromatic nitrogens is 2. The van der Waals surface area contributed by atoms with E-state index in [0.717, 1.165) is 36.9 Å². The van der Waals surface area contributed by atoms with Gasteiger partial charge in [-0.15, -0.1) is 0 Å². The third-order valence-electron chi connectivity index (χ3n) is 2.84. The van der Waals surface area contributed by atoms with Gasteiger partial charge in [-0.25, -0.2) is 4.68 Å². The molecule has 0 spiro atoms. The number of anilines is 2. The summed E-state index contributed by atoms with van der Waals surface area (Å²) >= 11 is 0. The quantitative estimate of drug-likeness (QED) is 0.697. The number of rotatable bonds is 8. The number of likely N-dealkylation sites (N-methyl/N-ethyl adjacent to an activating group) is 1. The number of nitrogens with zero attached hydrogens (tertiary/aromatic N) is 3. The number of nitrogens with two attached hydrogens (primary N) is 1. The molecule has 0 bridgehead atoms. The normalized spacial score (nSPS) is 11.5. The molecule has 0 amide bonds. The number of hydrogen-bond donors (Lipinski definition) is 2. The van der Waals surface area contributed by atoms with Crippen molar-refractivity contribution < 1.29 is 4.74 Å². The predicted molar refractivity (Wildman–Crippen MR) is 79.6 cm³/mol. The van der Waals surface area contributed by atoms with E-state index in [4.69, 9.17) is 10.5 Å². The Morgan fingerprint density at radius 3 is 2.63 bits per heavy atom. The Kier molecular flexibility index (Phi) is 6.11. The van der Waals surface area contributed by atoms with Crippen LogP contribution in [0.5, 0.6) is 0 Å². The summed E-state index contributed by atoms with van der Waals surface area (Å²) in [6.07, 6.45) is 0. The summed E-state index contributed by atoms with van der Waals surface area (Å²) < 4.78 is 7.46. The Balaban J connectivity index is 2.40. The van der Waals surface area contributed by atoms with Gasteiger partial charge in [-0.2, -0.15) is 5.10 Å². The molecule has 1 aromatic rings. The van der Waals surface area contributed by atoms with Crippen LogP contribution in [0, 0.1) is 6.92 Å². The van der Waals surface area contributed by atoms with Crippen molar-refractivity contribution in [1.82, 2.24) is 14.7 Å². The number of aryl methyl sites for hydroxylation is 1. The highest BCUT2D eigenvalue weighted by Gasteiger charge is 2.13. The van der Waals surface area contributed by atoms with Crippen LogP contribution in [-0.4, -0.2) is 55.1 Å². The zero-order valence-electron chi connectivity index (χ0n) is 12.7. The van der Waals surface area contributed by atoms with Gasteiger partial charge in [0.05, 0.1) is 24.6 Å². The Morgan fingerprint density at radius 2 is 2.05 bits per heavy atom. The third-order valence-corrected chi connectivity index (χ3v) is 2.84. The van der Waals surface area contributed by atoms with Crippen molar-refractivity contribution in [1.29, 1.82) is 0 Å². The topological polar surface area (TPSA) is 68.3 Å². The van der Waals surface area contributed by atoms with Crippen molar-refractivity contribution in [3.8, 4) is 0 Å². The highest BCUT2D eigenvalue weighted by atomic mass is 16.5. The Labute approximate surface area is 115 Å². The highest BCUT2D eigenvalue weighted by Crippen LogP contribution is 2.25. The van der Waals surface area contributed by atoms with E-state index in [9.17, 15) is 0 Å². The van der Waals surface area contributed by atoms with Gasteiger partial charge in [0.2, 0.25) is 0 Å². The molecule has 3 N–H and O–H groups in total. The SMILES string of the molecule is Cc1nn(C(C)C)c(NCCOCCN(C)C)c1N. The molecule has 19 heavy (non-hydrogen) atoms. The maximum Gasteiger partial charge on any atom is 0.148 e. The summed E-state index contributed by atoms with van der Waals surface area (Å²) in [7, 11) is 4.07. The van der Waals surface area contributed by atoms with Crippen LogP contribution in [0.15, 0.2) is 0 Å². The first kappa shape index (κ1) is 15.8. The van der Waals surface area contributed by atoms with Crippen molar-refractivity contribution in [3.05, 3.63) is 5.69 Å². The molecular weight excluding hydrogens is 242 g/mol. The zero-order valence-corrected chi connectivity index (χ0v) is 12.7. The average molecular weight is 269 g/mol. The second-order valence-corrected chi connectivity index (χ2v) is 5.23. The first-order valence-corrected chi connectivity index (χ1v) is 6.74. The molecule has 6 nitrogen and oxygen atoms in total. The number of hydrogen-bond acceptors (Lipinski definition) is 5. The van der Waals surface area contributed by atoms with E-state index in [1.165, 1.54) is 0 Å². The maximum atomic E-state index is 6.03. The lowest BCUT2D eigenvalue weighted by molar-refractivity contribution is 0.126. The van der Waals surface area contributed by atoms with E-state index >= 15 is 0 Å². The highest BCUT2D eigenvalue weighted by molar-refractivity contribution is 5.64. The van der Waals surface area contributed by atoms with Gasteiger partial charge in [-0.1, -0.05) is 0 Å². The minimum absolute atomic E-state index is 0.285. The van der Waals surface area contributed by atoms with Crippen LogP contribution in [0.4, 0.5) is 11.5 Å². The Bertz CT molecular complexity index is 387. The van der Waals surface area contributed by atoms with Crippen molar-refractivity contribution in [3.63, 3.8) is 0 Å². The second-order valence-electron chi connectivity index (χ2n) is 5.23. The molecule has 0 aromatic carbocycles. The number of nitrogen functional groups attached to an aromatic ring is 1. The van der Waals surface area contributed by atoms with Crippen molar-refractivity contribution in [2.24, 2.45) is 0 Å². The molecule has 0 unspecified atom stereocenters. The minimum atomic E-state index is 0.285. The van der Waals surface area contributed by atoms with Gasteiger partial charge in [0.1, 0.15) is 5.82 Å². The van der Waals surface area contributed by atoms with Gasteiger partial charge in [0.25, 0.3) is 0 Å². The minimum Gasteiger partial charge on any atom is -0.394 e. The maximum absolute atomic E-state index is 6.03. The van der Waals surface area contributed by atoms with Crippen LogP contribution in [-0.2, 0) is 4.74 Å². The molecule has 0 saturated heterocycles. The molecule has 0 radical (unpaired) electrons. The van der Waals surface area contributed by atoms with Gasteiger partial charge in [-0.05, 0) is 34.9 Å². The van der Waals surface area contributed by atoms with Crippen LogP contribution in [0.1, 0.15) is 25.6 Å². The average Bonchev–Trinajstić information content (AvgIpc) is 2.61. The lowest BCUT2D eigenvalue weighted by Crippen LogP contribution is -2.20. The molecule has 0 aliphatic rings. The van der Waals surface area contributed by atoms with Crippen LogP contribution < -0.4 is 11.1 Å². The molecule has 1 rings (SSSR count). The first-order valence-electron chi connectivity index (χ1n) is 6.74. The fraction of sp³-hybridized carbons (Fsp3) is 0.769. The molecule has 0 aliphatic carbocycles. The van der Waals surface area contributed by atoms with Crippen molar-refractivity contribution >= 4 is 11.5 Å². The summed E-state index contributed by atoms with van der Waals surface area (Å²) in [4.78, 5) is 2.10. The van der Waals surface area contributed by atoms with Gasteiger partial charge in [0, 0.05) is 19.1 Å². The molecule has 110 valence electrons. The van der Waals surface area contributed by atoms with Crippen molar-refractivity contribution in [2.45, 2.75) is 26.8 Å². The fourth-order valence-corrected chi connectivity index (χ4v) is 1.70. The molecule has 1 heterocycles. The summed E-state index contributed by atoms with van der Waals surface area (Å²) in [5.74, 6) is 0.892. The lowest BCUT2D eigenvalue weighted by atomic mass is 10.3. The molecular formula is C13H27N5O. The Morgan fingerprint density at radius 1 is 1.37 bits per heavy atom. The first-order chi connectivity index (χ1) is 8.93. The molecule has 0 atom stereocenters. The molecule has 1 aromatic heterocycles. The summed E-state index contributed by atoms with van der Waals surface area (Å²) in [5, 5.41) is 7.74. The lowest BCUT2D eigenvalue weighted by Gasteiger charge is -2.14. The van der Waals surface area contributed by atoms with E-state index in [1.807, 2.05) is 25.7 Å². The second kappa shape index (κ2) is 7.35. The van der Waals surface area contributed by atoms with Crippen LogP contribution >= 0.6 is 0 Å². The molecule has 0 aliphatic heterocycles. The van der Waals surface area contributed by atoms with Gasteiger partial charge in [0.15, 0.2) is 0 Å². The molecule has 0 saturated carbocycles. The standard InChI is InChI=1S/C13H27N5O/c1-10(2)18-13(12(14)11(3)16-18)15-6-8-19-9-7-17(4)5/h10,15H,6-9,14H2,1-5H3. The third kappa shape index (κ3) is 4.72. The predicted octanol–water partition coefficient (Wildman–Crippen LogP) is 1.34. The van der Waals surface area contributed by atoms with Crippen LogP contribution in [0.25, 0.3) is 0 Å². The largest absolute Gasteiger partial charge is 0.394 e. The number of nitrogens with one attached hydrogen (secondary N) is 1. The van der Waals surface area contributed by atoms with E-state index in [-0.39, 0.29) is 6.04 Å². The number of ether oxygens (including phenoxy) is 1. The molecule has 6 heteroatoms. The van der Waals surface area contributed by atoms with E-state index in [1.54, 1.807) is 0 Å². The van der Waals surface area contributed by atoms with Crippen molar-refractivity contribution in [2.75, 3.05) is 51.4 Å². The van der Waals surface area contributed by atoms with E-state index < -0.39 is 0 Å². The smallest absolute Gasteiger partial charge is 0.148 e.